The molecular formula is C7H14N2O2. The van der Waals surface area contributed by atoms with Crippen molar-refractivity contribution in [2.45, 2.75) is 18.9 Å². The first kappa shape index (κ1) is 8.33. The van der Waals surface area contributed by atoms with E-state index in [0.717, 1.165) is 12.8 Å². The fourth-order valence-electron chi connectivity index (χ4n) is 0.933. The van der Waals surface area contributed by atoms with Crippen molar-refractivity contribution in [2.24, 2.45) is 5.92 Å². The summed E-state index contributed by atoms with van der Waals surface area (Å²) < 4.78 is 0. The molecule has 1 rings (SSSR count). The van der Waals surface area contributed by atoms with Crippen LogP contribution < -0.4 is 10.6 Å². The number of rotatable bonds is 3. The van der Waals surface area contributed by atoms with Crippen molar-refractivity contribution in [3.8, 4) is 0 Å². The lowest BCUT2D eigenvalue weighted by Gasteiger charge is -2.09. The number of hydrogen-bond donors (Lipinski definition) is 3. The van der Waals surface area contributed by atoms with E-state index in [1.165, 1.54) is 0 Å². The molecule has 1 fully saturated rings. The molecule has 2 amide bonds. The summed E-state index contributed by atoms with van der Waals surface area (Å²) in [6.07, 6.45) is 1.83. The van der Waals surface area contributed by atoms with Gasteiger partial charge in [-0.2, -0.15) is 0 Å². The Hall–Kier alpha value is -0.770. The van der Waals surface area contributed by atoms with E-state index in [9.17, 15) is 9.90 Å². The first-order chi connectivity index (χ1) is 5.24. The third-order valence-corrected chi connectivity index (χ3v) is 1.86. The molecule has 0 spiro atoms. The van der Waals surface area contributed by atoms with E-state index < -0.39 is 0 Å². The fourth-order valence-corrected chi connectivity index (χ4v) is 0.933. The number of amides is 2. The molecule has 0 aromatic carbocycles. The van der Waals surface area contributed by atoms with Crippen LogP contribution in [0.2, 0.25) is 0 Å². The Morgan fingerprint density at radius 3 is 2.82 bits per heavy atom. The zero-order chi connectivity index (χ0) is 8.27. The maximum Gasteiger partial charge on any atom is 0.314 e. The van der Waals surface area contributed by atoms with Crippen molar-refractivity contribution < 1.29 is 9.90 Å². The molecule has 3 N–H and O–H groups in total. The molecule has 1 aliphatic rings. The summed E-state index contributed by atoms with van der Waals surface area (Å²) >= 11 is 0. The van der Waals surface area contributed by atoms with Crippen LogP contribution in [0.25, 0.3) is 0 Å². The van der Waals surface area contributed by atoms with Gasteiger partial charge in [-0.3, -0.25) is 0 Å². The van der Waals surface area contributed by atoms with E-state index >= 15 is 0 Å². The van der Waals surface area contributed by atoms with Crippen LogP contribution in [0, 0.1) is 5.92 Å². The van der Waals surface area contributed by atoms with Gasteiger partial charge < -0.3 is 15.7 Å². The number of nitrogens with one attached hydrogen (secondary N) is 2. The second kappa shape index (κ2) is 3.57. The summed E-state index contributed by atoms with van der Waals surface area (Å²) in [6.45, 7) is 0.365. The predicted octanol–water partition coefficient (Wildman–Crippen LogP) is -0.314. The van der Waals surface area contributed by atoms with E-state index in [1.807, 2.05) is 0 Å². The minimum atomic E-state index is -0.354. The van der Waals surface area contributed by atoms with Gasteiger partial charge in [0.2, 0.25) is 0 Å². The molecule has 0 radical (unpaired) electrons. The molecule has 64 valence electrons. The third-order valence-electron chi connectivity index (χ3n) is 1.86. The zero-order valence-electron chi connectivity index (χ0n) is 6.63. The van der Waals surface area contributed by atoms with E-state index in [-0.39, 0.29) is 12.1 Å². The average Bonchev–Trinajstić information content (AvgIpc) is 2.81. The van der Waals surface area contributed by atoms with E-state index in [0.29, 0.717) is 12.5 Å². The number of carbonyl (C=O) groups is 1. The number of urea groups is 1. The number of hydrogen-bond acceptors (Lipinski definition) is 2. The van der Waals surface area contributed by atoms with Crippen molar-refractivity contribution in [2.75, 3.05) is 13.6 Å². The number of aliphatic hydroxyl groups excluding tert-OH is 1. The van der Waals surface area contributed by atoms with Gasteiger partial charge in [0.1, 0.15) is 0 Å². The van der Waals surface area contributed by atoms with E-state index in [4.69, 9.17) is 0 Å². The highest BCUT2D eigenvalue weighted by Crippen LogP contribution is 2.32. The minimum absolute atomic E-state index is 0.232. The molecule has 0 saturated heterocycles. The molecule has 0 aromatic rings. The Morgan fingerprint density at radius 1 is 1.73 bits per heavy atom. The smallest absolute Gasteiger partial charge is 0.314 e. The van der Waals surface area contributed by atoms with Crippen molar-refractivity contribution in [3.05, 3.63) is 0 Å². The standard InChI is InChI=1S/C7H14N2O2/c1-8-7(11)9-4-6(10)5-2-3-5/h5-6,10H,2-4H2,1H3,(H2,8,9,11). The Morgan fingerprint density at radius 2 is 2.36 bits per heavy atom. The quantitative estimate of drug-likeness (QED) is 0.527. The predicted molar refractivity (Wildman–Crippen MR) is 41.2 cm³/mol. The molecule has 4 nitrogen and oxygen atoms in total. The summed E-state index contributed by atoms with van der Waals surface area (Å²) in [5.41, 5.74) is 0. The summed E-state index contributed by atoms with van der Waals surface area (Å²) in [4.78, 5) is 10.6. The van der Waals surface area contributed by atoms with Crippen LogP contribution in [0.5, 0.6) is 0 Å². The van der Waals surface area contributed by atoms with Crippen molar-refractivity contribution in [1.29, 1.82) is 0 Å². The highest BCUT2D eigenvalue weighted by Gasteiger charge is 2.29. The van der Waals surface area contributed by atoms with Crippen LogP contribution in [-0.2, 0) is 0 Å². The molecule has 0 aromatic heterocycles. The summed E-state index contributed by atoms with van der Waals surface area (Å²) in [5, 5.41) is 14.3. The van der Waals surface area contributed by atoms with E-state index in [2.05, 4.69) is 10.6 Å². The van der Waals surface area contributed by atoms with Gasteiger partial charge >= 0.3 is 6.03 Å². The second-order valence-electron chi connectivity index (χ2n) is 2.86. The molecule has 4 heteroatoms. The van der Waals surface area contributed by atoms with Crippen LogP contribution in [-0.4, -0.2) is 30.8 Å². The Labute approximate surface area is 66.0 Å². The topological polar surface area (TPSA) is 61.4 Å². The molecule has 0 heterocycles. The number of carbonyl (C=O) groups excluding carboxylic acids is 1. The monoisotopic (exact) mass is 158 g/mol. The summed E-state index contributed by atoms with van der Waals surface area (Å²) in [6, 6.07) is -0.232. The summed E-state index contributed by atoms with van der Waals surface area (Å²) in [5.74, 6) is 0.423. The lowest BCUT2D eigenvalue weighted by atomic mass is 10.2. The van der Waals surface area contributed by atoms with Crippen molar-refractivity contribution >= 4 is 6.03 Å². The molecule has 0 aliphatic heterocycles. The van der Waals surface area contributed by atoms with Gasteiger partial charge in [-0.05, 0) is 18.8 Å². The maximum absolute atomic E-state index is 10.6. The first-order valence-corrected chi connectivity index (χ1v) is 3.87. The third kappa shape index (κ3) is 2.76. The molecule has 1 saturated carbocycles. The Kier molecular flexibility index (Phi) is 2.70. The highest BCUT2D eigenvalue weighted by molar-refractivity contribution is 5.73. The van der Waals surface area contributed by atoms with Crippen LogP contribution >= 0.6 is 0 Å². The lowest BCUT2D eigenvalue weighted by molar-refractivity contribution is 0.149. The van der Waals surface area contributed by atoms with Crippen LogP contribution in [0.1, 0.15) is 12.8 Å². The largest absolute Gasteiger partial charge is 0.391 e. The van der Waals surface area contributed by atoms with Crippen molar-refractivity contribution in [1.82, 2.24) is 10.6 Å². The van der Waals surface area contributed by atoms with Crippen LogP contribution in [0.4, 0.5) is 4.79 Å². The average molecular weight is 158 g/mol. The second-order valence-corrected chi connectivity index (χ2v) is 2.86. The van der Waals surface area contributed by atoms with Crippen LogP contribution in [0.15, 0.2) is 0 Å². The van der Waals surface area contributed by atoms with Gasteiger partial charge in [0, 0.05) is 13.6 Å². The maximum atomic E-state index is 10.6. The first-order valence-electron chi connectivity index (χ1n) is 3.87. The van der Waals surface area contributed by atoms with Gasteiger partial charge in [0.25, 0.3) is 0 Å². The van der Waals surface area contributed by atoms with Gasteiger partial charge in [-0.1, -0.05) is 0 Å². The molecule has 1 atom stereocenters. The molecule has 0 bridgehead atoms. The SMILES string of the molecule is CNC(=O)NCC(O)C1CC1. The minimum Gasteiger partial charge on any atom is -0.391 e. The number of aliphatic hydroxyl groups is 1. The van der Waals surface area contributed by atoms with Crippen LogP contribution in [0.3, 0.4) is 0 Å². The fraction of sp³-hybridized carbons (Fsp3) is 0.857. The normalized spacial score (nSPS) is 19.1. The lowest BCUT2D eigenvalue weighted by Crippen LogP contribution is -2.38. The molecule has 11 heavy (non-hydrogen) atoms. The zero-order valence-corrected chi connectivity index (χ0v) is 6.63. The Balaban J connectivity index is 2.05. The summed E-state index contributed by atoms with van der Waals surface area (Å²) in [7, 11) is 1.55. The van der Waals surface area contributed by atoms with Gasteiger partial charge in [0.05, 0.1) is 6.10 Å². The van der Waals surface area contributed by atoms with Gasteiger partial charge in [-0.25, -0.2) is 4.79 Å². The van der Waals surface area contributed by atoms with E-state index in [1.54, 1.807) is 7.05 Å². The Bertz CT molecular complexity index is 145. The highest BCUT2D eigenvalue weighted by atomic mass is 16.3. The van der Waals surface area contributed by atoms with Crippen molar-refractivity contribution in [3.63, 3.8) is 0 Å². The van der Waals surface area contributed by atoms with Gasteiger partial charge in [-0.15, -0.1) is 0 Å². The molecular weight excluding hydrogens is 144 g/mol. The van der Waals surface area contributed by atoms with Gasteiger partial charge in [0.15, 0.2) is 0 Å². The molecule has 1 unspecified atom stereocenters. The molecule has 1 aliphatic carbocycles.